The molecule has 4 rings (SSSR count). The minimum atomic E-state index is -0.264. The normalized spacial score (nSPS) is 14.2. The highest BCUT2D eigenvalue weighted by Gasteiger charge is 2.14. The van der Waals surface area contributed by atoms with Crippen LogP contribution in [0.25, 0.3) is 21.3 Å². The van der Waals surface area contributed by atoms with Gasteiger partial charge in [-0.3, -0.25) is 4.79 Å². The lowest BCUT2D eigenvalue weighted by Gasteiger charge is -2.14. The number of hydrogen-bond donors (Lipinski definition) is 2. The van der Waals surface area contributed by atoms with Crippen LogP contribution in [-0.4, -0.2) is 53.5 Å². The maximum absolute atomic E-state index is 13.3. The first kappa shape index (κ1) is 21.6. The first-order chi connectivity index (χ1) is 15.2. The molecule has 31 heavy (non-hydrogen) atoms. The zero-order valence-corrected chi connectivity index (χ0v) is 18.4. The number of anilines is 1. The zero-order valence-electron chi connectivity index (χ0n) is 17.6. The van der Waals surface area contributed by atoms with Crippen LogP contribution >= 0.6 is 11.3 Å². The molecule has 0 aliphatic carbocycles. The van der Waals surface area contributed by atoms with Gasteiger partial charge < -0.3 is 15.5 Å². The van der Waals surface area contributed by atoms with Crippen molar-refractivity contribution < 1.29 is 9.18 Å². The van der Waals surface area contributed by atoms with Gasteiger partial charge in [0, 0.05) is 30.5 Å². The molecule has 8 heteroatoms. The highest BCUT2D eigenvalue weighted by Crippen LogP contribution is 2.36. The second-order valence-corrected chi connectivity index (χ2v) is 8.70. The number of carbonyl (C=O) groups excluding carboxylic acids is 1. The van der Waals surface area contributed by atoms with Gasteiger partial charge in [-0.2, -0.15) is 0 Å². The van der Waals surface area contributed by atoms with Crippen LogP contribution in [0.2, 0.25) is 0 Å². The van der Waals surface area contributed by atoms with Crippen LogP contribution in [0.4, 0.5) is 10.2 Å². The number of nitrogens with one attached hydrogen (secondary N) is 2. The molecule has 0 radical (unpaired) electrons. The van der Waals surface area contributed by atoms with Gasteiger partial charge in [0.15, 0.2) is 0 Å². The summed E-state index contributed by atoms with van der Waals surface area (Å²) in [6, 6.07) is 6.41. The number of benzene rings is 1. The van der Waals surface area contributed by atoms with E-state index in [0.717, 1.165) is 47.3 Å². The molecule has 2 N–H and O–H groups in total. The SMILES string of the molecule is O=C(CCNc1ncnc2scc(-c3ccc(F)cc3)c12)NCCCCN1CCCC1. The number of amides is 1. The summed E-state index contributed by atoms with van der Waals surface area (Å²) >= 11 is 1.52. The number of aromatic nitrogens is 2. The van der Waals surface area contributed by atoms with E-state index >= 15 is 0 Å². The monoisotopic (exact) mass is 441 g/mol. The van der Waals surface area contributed by atoms with Gasteiger partial charge in [0.2, 0.25) is 5.91 Å². The van der Waals surface area contributed by atoms with Crippen molar-refractivity contribution in [2.75, 3.05) is 38.0 Å². The molecule has 164 valence electrons. The molecule has 6 nitrogen and oxygen atoms in total. The number of nitrogens with zero attached hydrogens (tertiary/aromatic N) is 3. The van der Waals surface area contributed by atoms with E-state index in [4.69, 9.17) is 0 Å². The van der Waals surface area contributed by atoms with Crippen molar-refractivity contribution in [1.29, 1.82) is 0 Å². The van der Waals surface area contributed by atoms with Crippen molar-refractivity contribution >= 4 is 33.3 Å². The molecule has 3 heterocycles. The third-order valence-electron chi connectivity index (χ3n) is 5.59. The molecule has 1 aliphatic heterocycles. The molecule has 0 atom stereocenters. The molecular formula is C23H28FN5OS. The molecule has 0 bridgehead atoms. The third kappa shape index (κ3) is 5.77. The minimum Gasteiger partial charge on any atom is -0.369 e. The first-order valence-electron chi connectivity index (χ1n) is 10.9. The summed E-state index contributed by atoms with van der Waals surface area (Å²) in [4.78, 5) is 24.2. The molecular weight excluding hydrogens is 413 g/mol. The summed E-state index contributed by atoms with van der Waals surface area (Å²) in [6.07, 6.45) is 6.68. The van der Waals surface area contributed by atoms with E-state index in [2.05, 4.69) is 25.5 Å². The molecule has 1 aliphatic rings. The van der Waals surface area contributed by atoms with E-state index in [-0.39, 0.29) is 11.7 Å². The third-order valence-corrected chi connectivity index (χ3v) is 6.48. The molecule has 1 aromatic carbocycles. The summed E-state index contributed by atoms with van der Waals surface area (Å²) in [6.45, 7) is 4.80. The number of carbonyl (C=O) groups is 1. The van der Waals surface area contributed by atoms with Crippen LogP contribution in [0.3, 0.4) is 0 Å². The molecule has 0 saturated carbocycles. The number of rotatable bonds is 10. The Morgan fingerprint density at radius 3 is 2.71 bits per heavy atom. The highest BCUT2D eigenvalue weighted by molar-refractivity contribution is 7.17. The van der Waals surface area contributed by atoms with E-state index in [1.807, 2.05) is 5.38 Å². The van der Waals surface area contributed by atoms with Crippen LogP contribution in [0.5, 0.6) is 0 Å². The largest absolute Gasteiger partial charge is 0.369 e. The summed E-state index contributed by atoms with van der Waals surface area (Å²) in [5.41, 5.74) is 1.88. The van der Waals surface area contributed by atoms with Gasteiger partial charge in [0.25, 0.3) is 0 Å². The molecule has 3 aromatic rings. The number of halogens is 1. The van der Waals surface area contributed by atoms with Gasteiger partial charge in [0.05, 0.1) is 5.39 Å². The van der Waals surface area contributed by atoms with Crippen molar-refractivity contribution in [3.8, 4) is 11.1 Å². The van der Waals surface area contributed by atoms with Crippen molar-refractivity contribution in [3.63, 3.8) is 0 Å². The lowest BCUT2D eigenvalue weighted by atomic mass is 10.1. The Hall–Kier alpha value is -2.58. The Morgan fingerprint density at radius 2 is 1.90 bits per heavy atom. The van der Waals surface area contributed by atoms with Gasteiger partial charge in [-0.1, -0.05) is 12.1 Å². The van der Waals surface area contributed by atoms with Gasteiger partial charge in [-0.05, 0) is 63.0 Å². The van der Waals surface area contributed by atoms with Gasteiger partial charge in [0.1, 0.15) is 22.8 Å². The quantitative estimate of drug-likeness (QED) is 0.459. The van der Waals surface area contributed by atoms with Crippen LogP contribution < -0.4 is 10.6 Å². The van der Waals surface area contributed by atoms with Crippen molar-refractivity contribution in [3.05, 3.63) is 41.8 Å². The van der Waals surface area contributed by atoms with Crippen LogP contribution in [0, 0.1) is 5.82 Å². The standard InChI is InChI=1S/C23H28FN5OS/c24-18-7-5-17(6-8-18)19-15-31-23-21(19)22(27-16-28-23)26-11-9-20(30)25-10-1-2-12-29-13-3-4-14-29/h5-8,15-16H,1-4,9-14H2,(H,25,30)(H,26,27,28). The average molecular weight is 442 g/mol. The maximum atomic E-state index is 13.3. The lowest BCUT2D eigenvalue weighted by molar-refractivity contribution is -0.120. The van der Waals surface area contributed by atoms with Crippen molar-refractivity contribution in [2.24, 2.45) is 0 Å². The summed E-state index contributed by atoms with van der Waals surface area (Å²) in [5, 5.41) is 9.19. The molecule has 0 spiro atoms. The second-order valence-electron chi connectivity index (χ2n) is 7.84. The predicted octanol–water partition coefficient (Wildman–Crippen LogP) is 4.29. The Labute approximate surface area is 185 Å². The Bertz CT molecular complexity index is 1000. The Balaban J connectivity index is 1.26. The van der Waals surface area contributed by atoms with E-state index in [0.29, 0.717) is 18.8 Å². The molecule has 0 unspecified atom stereocenters. The average Bonchev–Trinajstić information content (AvgIpc) is 3.44. The van der Waals surface area contributed by atoms with E-state index in [1.54, 1.807) is 12.1 Å². The fraction of sp³-hybridized carbons (Fsp3) is 0.435. The highest BCUT2D eigenvalue weighted by atomic mass is 32.1. The molecule has 1 saturated heterocycles. The van der Waals surface area contributed by atoms with E-state index < -0.39 is 0 Å². The zero-order chi connectivity index (χ0) is 21.5. The summed E-state index contributed by atoms with van der Waals surface area (Å²) in [5.74, 6) is 0.479. The lowest BCUT2D eigenvalue weighted by Crippen LogP contribution is -2.27. The Morgan fingerprint density at radius 1 is 1.10 bits per heavy atom. The van der Waals surface area contributed by atoms with Gasteiger partial charge in [-0.25, -0.2) is 14.4 Å². The van der Waals surface area contributed by atoms with Gasteiger partial charge >= 0.3 is 0 Å². The van der Waals surface area contributed by atoms with E-state index in [9.17, 15) is 9.18 Å². The number of hydrogen-bond acceptors (Lipinski definition) is 6. The summed E-state index contributed by atoms with van der Waals surface area (Å²) < 4.78 is 13.3. The molecule has 1 fully saturated rings. The summed E-state index contributed by atoms with van der Waals surface area (Å²) in [7, 11) is 0. The van der Waals surface area contributed by atoms with Gasteiger partial charge in [-0.15, -0.1) is 11.3 Å². The topological polar surface area (TPSA) is 70.1 Å². The fourth-order valence-corrected chi connectivity index (χ4v) is 4.84. The van der Waals surface area contributed by atoms with Crippen molar-refractivity contribution in [1.82, 2.24) is 20.2 Å². The number of unbranched alkanes of at least 4 members (excludes halogenated alkanes) is 1. The maximum Gasteiger partial charge on any atom is 0.221 e. The van der Waals surface area contributed by atoms with Crippen LogP contribution in [-0.2, 0) is 4.79 Å². The van der Waals surface area contributed by atoms with Crippen LogP contribution in [0.1, 0.15) is 32.1 Å². The molecule has 1 amide bonds. The number of likely N-dealkylation sites (tertiary alicyclic amines) is 1. The van der Waals surface area contributed by atoms with Crippen LogP contribution in [0.15, 0.2) is 36.0 Å². The van der Waals surface area contributed by atoms with Crippen molar-refractivity contribution in [2.45, 2.75) is 32.1 Å². The number of fused-ring (bicyclic) bond motifs is 1. The number of thiophene rings is 1. The Kier molecular flexibility index (Phi) is 7.43. The van der Waals surface area contributed by atoms with E-state index in [1.165, 1.54) is 55.7 Å². The molecule has 2 aromatic heterocycles. The second kappa shape index (κ2) is 10.6. The minimum absolute atomic E-state index is 0.0445. The fourth-order valence-electron chi connectivity index (χ4n) is 3.93. The smallest absolute Gasteiger partial charge is 0.221 e. The first-order valence-corrected chi connectivity index (χ1v) is 11.8. The predicted molar refractivity (Wildman–Crippen MR) is 124 cm³/mol.